The van der Waals surface area contributed by atoms with E-state index in [9.17, 15) is 8.42 Å². The van der Waals surface area contributed by atoms with E-state index in [1.54, 1.807) is 22.1 Å². The number of rotatable bonds is 2. The van der Waals surface area contributed by atoms with E-state index in [1.807, 2.05) is 6.92 Å². The Morgan fingerprint density at radius 1 is 1.37 bits per heavy atom. The molecular weight excluding hydrogens is 264 g/mol. The van der Waals surface area contributed by atoms with E-state index in [4.69, 9.17) is 0 Å². The summed E-state index contributed by atoms with van der Waals surface area (Å²) in [7, 11) is -1.67. The highest BCUT2D eigenvalue weighted by Crippen LogP contribution is 2.28. The lowest BCUT2D eigenvalue weighted by atomic mass is 10.1. The predicted molar refractivity (Wildman–Crippen MR) is 71.2 cm³/mol. The van der Waals surface area contributed by atoms with Gasteiger partial charge >= 0.3 is 0 Å². The minimum Gasteiger partial charge on any atom is -0.339 e. The topological polar surface area (TPSA) is 58.4 Å². The van der Waals surface area contributed by atoms with Gasteiger partial charge in [0.25, 0.3) is 10.0 Å². The fourth-order valence-electron chi connectivity index (χ4n) is 3.14. The predicted octanol–water partition coefficient (Wildman–Crippen LogP) is 0.277. The van der Waals surface area contributed by atoms with Gasteiger partial charge in [0.15, 0.2) is 5.03 Å². The van der Waals surface area contributed by atoms with Crippen molar-refractivity contribution < 1.29 is 8.42 Å². The molecule has 3 heterocycles. The number of piperazine rings is 1. The maximum absolute atomic E-state index is 12.6. The van der Waals surface area contributed by atoms with Gasteiger partial charge in [-0.05, 0) is 26.3 Å². The van der Waals surface area contributed by atoms with Crippen LogP contribution in [-0.2, 0) is 17.1 Å². The molecule has 2 fully saturated rings. The highest BCUT2D eigenvalue weighted by molar-refractivity contribution is 7.89. The molecule has 3 rings (SSSR count). The van der Waals surface area contributed by atoms with E-state index in [2.05, 4.69) is 9.88 Å². The van der Waals surface area contributed by atoms with Crippen LogP contribution in [0.4, 0.5) is 0 Å². The molecule has 2 aliphatic heterocycles. The number of aromatic nitrogens is 2. The highest BCUT2D eigenvalue weighted by atomic mass is 32.2. The Balaban J connectivity index is 1.88. The summed E-state index contributed by atoms with van der Waals surface area (Å²) in [5.41, 5.74) is 0. The number of aryl methyl sites for hydroxylation is 1. The van der Waals surface area contributed by atoms with Gasteiger partial charge in [0.05, 0.1) is 6.33 Å². The van der Waals surface area contributed by atoms with Gasteiger partial charge in [-0.25, -0.2) is 13.4 Å². The quantitative estimate of drug-likeness (QED) is 0.782. The Hall–Kier alpha value is -0.920. The van der Waals surface area contributed by atoms with Crippen LogP contribution in [-0.4, -0.2) is 58.9 Å². The molecule has 106 valence electrons. The standard InChI is InChI=1S/C12H20N4O2S/c1-10-6-15-5-3-4-11(15)7-16(10)19(17,18)12-8-14(2)9-13-12/h8-11H,3-7H2,1-2H3. The summed E-state index contributed by atoms with van der Waals surface area (Å²) in [6, 6.07) is 0.399. The first-order valence-electron chi connectivity index (χ1n) is 6.72. The Kier molecular flexibility index (Phi) is 3.15. The van der Waals surface area contributed by atoms with Crippen LogP contribution in [0.1, 0.15) is 19.8 Å². The summed E-state index contributed by atoms with van der Waals surface area (Å²) in [5.74, 6) is 0. The van der Waals surface area contributed by atoms with Crippen LogP contribution >= 0.6 is 0 Å². The van der Waals surface area contributed by atoms with Gasteiger partial charge in [0, 0.05) is 38.4 Å². The maximum Gasteiger partial charge on any atom is 0.262 e. The molecule has 0 spiro atoms. The molecule has 0 amide bonds. The van der Waals surface area contributed by atoms with Crippen molar-refractivity contribution >= 4 is 10.0 Å². The minimum atomic E-state index is -3.45. The van der Waals surface area contributed by atoms with Crippen LogP contribution in [0.15, 0.2) is 17.6 Å². The van der Waals surface area contributed by atoms with Gasteiger partial charge < -0.3 is 4.57 Å². The van der Waals surface area contributed by atoms with Crippen molar-refractivity contribution in [3.63, 3.8) is 0 Å². The SMILES string of the molecule is CC1CN2CCCC2CN1S(=O)(=O)c1cn(C)cn1. The van der Waals surface area contributed by atoms with E-state index in [0.717, 1.165) is 19.5 Å². The van der Waals surface area contributed by atoms with Crippen LogP contribution in [0.2, 0.25) is 0 Å². The summed E-state index contributed by atoms with van der Waals surface area (Å²) < 4.78 is 28.6. The summed E-state index contributed by atoms with van der Waals surface area (Å²) in [6.07, 6.45) is 5.38. The largest absolute Gasteiger partial charge is 0.339 e. The fraction of sp³-hybridized carbons (Fsp3) is 0.750. The first-order valence-corrected chi connectivity index (χ1v) is 8.16. The summed E-state index contributed by atoms with van der Waals surface area (Å²) in [4.78, 5) is 6.41. The third kappa shape index (κ3) is 2.19. The molecule has 0 radical (unpaired) electrons. The number of hydrogen-bond acceptors (Lipinski definition) is 4. The molecule has 0 aromatic carbocycles. The van der Waals surface area contributed by atoms with Crippen molar-refractivity contribution in [3.05, 3.63) is 12.5 Å². The van der Waals surface area contributed by atoms with Crippen molar-refractivity contribution in [2.45, 2.75) is 36.9 Å². The number of sulfonamides is 1. The lowest BCUT2D eigenvalue weighted by Gasteiger charge is -2.40. The molecule has 2 atom stereocenters. The van der Waals surface area contributed by atoms with Gasteiger partial charge in [-0.2, -0.15) is 4.31 Å². The van der Waals surface area contributed by atoms with Gasteiger partial charge in [-0.15, -0.1) is 0 Å². The van der Waals surface area contributed by atoms with Crippen LogP contribution in [0.5, 0.6) is 0 Å². The van der Waals surface area contributed by atoms with E-state index >= 15 is 0 Å². The molecule has 1 aromatic heterocycles. The second-order valence-corrected chi connectivity index (χ2v) is 7.43. The van der Waals surface area contributed by atoms with Crippen LogP contribution in [0, 0.1) is 0 Å². The molecule has 19 heavy (non-hydrogen) atoms. The van der Waals surface area contributed by atoms with Crippen molar-refractivity contribution in [2.75, 3.05) is 19.6 Å². The average Bonchev–Trinajstić information content (AvgIpc) is 2.96. The second kappa shape index (κ2) is 4.57. The van der Waals surface area contributed by atoms with Crippen LogP contribution in [0.25, 0.3) is 0 Å². The molecule has 0 aliphatic carbocycles. The number of fused-ring (bicyclic) bond motifs is 1. The van der Waals surface area contributed by atoms with Gasteiger partial charge in [0.1, 0.15) is 0 Å². The van der Waals surface area contributed by atoms with Crippen LogP contribution < -0.4 is 0 Å². The normalized spacial score (nSPS) is 29.6. The summed E-state index contributed by atoms with van der Waals surface area (Å²) in [5, 5.41) is 0.160. The summed E-state index contributed by atoms with van der Waals surface area (Å²) >= 11 is 0. The van der Waals surface area contributed by atoms with Crippen molar-refractivity contribution in [1.82, 2.24) is 18.8 Å². The fourth-order valence-corrected chi connectivity index (χ4v) is 4.77. The Morgan fingerprint density at radius 3 is 2.84 bits per heavy atom. The van der Waals surface area contributed by atoms with E-state index in [1.165, 1.54) is 12.7 Å². The average molecular weight is 284 g/mol. The first-order chi connectivity index (χ1) is 8.98. The Labute approximate surface area is 114 Å². The van der Waals surface area contributed by atoms with Crippen molar-refractivity contribution in [1.29, 1.82) is 0 Å². The number of nitrogens with zero attached hydrogens (tertiary/aromatic N) is 4. The lowest BCUT2D eigenvalue weighted by Crippen LogP contribution is -2.56. The molecule has 1 aromatic rings. The van der Waals surface area contributed by atoms with E-state index in [0.29, 0.717) is 12.6 Å². The third-order valence-corrected chi connectivity index (χ3v) is 6.00. The van der Waals surface area contributed by atoms with Crippen LogP contribution in [0.3, 0.4) is 0 Å². The third-order valence-electron chi connectivity index (χ3n) is 4.13. The Bertz CT molecular complexity index is 568. The number of imidazole rings is 1. The molecule has 2 aliphatic rings. The molecule has 2 unspecified atom stereocenters. The zero-order valence-corrected chi connectivity index (χ0v) is 12.2. The van der Waals surface area contributed by atoms with Crippen molar-refractivity contribution in [2.24, 2.45) is 7.05 Å². The zero-order chi connectivity index (χ0) is 13.6. The molecule has 7 heteroatoms. The first kappa shape index (κ1) is 13.1. The minimum absolute atomic E-state index is 0.0151. The monoisotopic (exact) mass is 284 g/mol. The smallest absolute Gasteiger partial charge is 0.262 e. The molecular formula is C12H20N4O2S. The Morgan fingerprint density at radius 2 is 2.16 bits per heavy atom. The van der Waals surface area contributed by atoms with Gasteiger partial charge in [0.2, 0.25) is 0 Å². The zero-order valence-electron chi connectivity index (χ0n) is 11.4. The highest BCUT2D eigenvalue weighted by Gasteiger charge is 2.40. The van der Waals surface area contributed by atoms with Crippen molar-refractivity contribution in [3.8, 4) is 0 Å². The summed E-state index contributed by atoms with van der Waals surface area (Å²) in [6.45, 7) is 4.51. The number of hydrogen-bond donors (Lipinski definition) is 0. The van der Waals surface area contributed by atoms with E-state index < -0.39 is 10.0 Å². The molecule has 0 N–H and O–H groups in total. The van der Waals surface area contributed by atoms with E-state index in [-0.39, 0.29) is 11.1 Å². The lowest BCUT2D eigenvalue weighted by molar-refractivity contribution is 0.117. The molecule has 2 saturated heterocycles. The second-order valence-electron chi connectivity index (χ2n) is 5.59. The van der Waals surface area contributed by atoms with Gasteiger partial charge in [-0.1, -0.05) is 0 Å². The van der Waals surface area contributed by atoms with Gasteiger partial charge in [-0.3, -0.25) is 4.90 Å². The molecule has 6 nitrogen and oxygen atoms in total. The molecule has 0 bridgehead atoms. The maximum atomic E-state index is 12.6. The molecule has 0 saturated carbocycles.